The second kappa shape index (κ2) is 5.25. The minimum Gasteiger partial charge on any atom is -0.398 e. The fourth-order valence-corrected chi connectivity index (χ4v) is 2.83. The summed E-state index contributed by atoms with van der Waals surface area (Å²) in [7, 11) is 1.72. The number of nitrogen functional groups attached to an aromatic ring is 1. The van der Waals surface area contributed by atoms with Crippen molar-refractivity contribution >= 4 is 5.69 Å². The standard InChI is InChI=1S/C15H19N3O2/c1-19-15(8-4-5-9-15)14-17-13(20-18-14)10-11-6-2-3-7-12(11)16/h2-3,6-7H,4-5,8-10,16H2,1H3. The Bertz CT molecular complexity index is 588. The van der Waals surface area contributed by atoms with Crippen molar-refractivity contribution < 1.29 is 9.26 Å². The van der Waals surface area contributed by atoms with Crippen molar-refractivity contribution in [1.29, 1.82) is 0 Å². The van der Waals surface area contributed by atoms with Gasteiger partial charge < -0.3 is 15.0 Å². The predicted octanol–water partition coefficient (Wildman–Crippen LogP) is 2.66. The molecule has 1 aromatic heterocycles. The Morgan fingerprint density at radius 3 is 2.75 bits per heavy atom. The van der Waals surface area contributed by atoms with E-state index in [1.165, 1.54) is 0 Å². The zero-order valence-corrected chi connectivity index (χ0v) is 11.6. The van der Waals surface area contributed by atoms with Gasteiger partial charge in [0.2, 0.25) is 11.7 Å². The van der Waals surface area contributed by atoms with Crippen LogP contribution < -0.4 is 5.73 Å². The molecule has 5 heteroatoms. The molecular weight excluding hydrogens is 254 g/mol. The van der Waals surface area contributed by atoms with E-state index in [0.717, 1.165) is 36.9 Å². The molecule has 2 N–H and O–H groups in total. The van der Waals surface area contributed by atoms with E-state index in [2.05, 4.69) is 10.1 Å². The Hall–Kier alpha value is -1.88. The summed E-state index contributed by atoms with van der Waals surface area (Å²) in [5.74, 6) is 1.25. The molecule has 20 heavy (non-hydrogen) atoms. The molecular formula is C15H19N3O2. The number of nitrogens with two attached hydrogens (primary N) is 1. The first kappa shape index (κ1) is 13.1. The number of nitrogens with zero attached hydrogens (tertiary/aromatic N) is 2. The molecule has 1 fully saturated rings. The monoisotopic (exact) mass is 273 g/mol. The van der Waals surface area contributed by atoms with Gasteiger partial charge in [0.1, 0.15) is 5.60 Å². The lowest BCUT2D eigenvalue weighted by Gasteiger charge is -2.22. The molecule has 0 spiro atoms. The molecule has 0 amide bonds. The average Bonchev–Trinajstić information content (AvgIpc) is 3.11. The molecule has 0 aliphatic heterocycles. The van der Waals surface area contributed by atoms with E-state index >= 15 is 0 Å². The smallest absolute Gasteiger partial charge is 0.231 e. The van der Waals surface area contributed by atoms with Crippen molar-refractivity contribution in [2.24, 2.45) is 0 Å². The predicted molar refractivity (Wildman–Crippen MR) is 75.1 cm³/mol. The Morgan fingerprint density at radius 2 is 2.05 bits per heavy atom. The van der Waals surface area contributed by atoms with E-state index in [4.69, 9.17) is 15.0 Å². The van der Waals surface area contributed by atoms with Crippen molar-refractivity contribution in [3.63, 3.8) is 0 Å². The molecule has 0 saturated heterocycles. The quantitative estimate of drug-likeness (QED) is 0.867. The highest BCUT2D eigenvalue weighted by molar-refractivity contribution is 5.47. The highest BCUT2D eigenvalue weighted by Crippen LogP contribution is 2.40. The molecule has 1 saturated carbocycles. The zero-order valence-electron chi connectivity index (χ0n) is 11.6. The normalized spacial score (nSPS) is 17.4. The highest BCUT2D eigenvalue weighted by Gasteiger charge is 2.40. The van der Waals surface area contributed by atoms with E-state index in [9.17, 15) is 0 Å². The van der Waals surface area contributed by atoms with Gasteiger partial charge in [0.05, 0.1) is 6.42 Å². The summed E-state index contributed by atoms with van der Waals surface area (Å²) in [6.07, 6.45) is 4.75. The van der Waals surface area contributed by atoms with Gasteiger partial charge in [0.15, 0.2) is 0 Å². The number of aromatic nitrogens is 2. The SMILES string of the molecule is COC1(c2noc(Cc3ccccc3N)n2)CCCC1. The summed E-state index contributed by atoms with van der Waals surface area (Å²) in [4.78, 5) is 4.51. The van der Waals surface area contributed by atoms with Crippen LogP contribution in [-0.2, 0) is 16.8 Å². The summed E-state index contributed by atoms with van der Waals surface area (Å²) in [5, 5.41) is 4.12. The van der Waals surface area contributed by atoms with Crippen LogP contribution in [0.25, 0.3) is 0 Å². The number of rotatable bonds is 4. The maximum absolute atomic E-state index is 5.93. The molecule has 0 unspecified atom stereocenters. The molecule has 1 heterocycles. The molecule has 1 aromatic carbocycles. The summed E-state index contributed by atoms with van der Waals surface area (Å²) >= 11 is 0. The maximum Gasteiger partial charge on any atom is 0.231 e. The Morgan fingerprint density at radius 1 is 1.30 bits per heavy atom. The van der Waals surface area contributed by atoms with Crippen LogP contribution in [0.5, 0.6) is 0 Å². The topological polar surface area (TPSA) is 74.2 Å². The number of anilines is 1. The number of hydrogen-bond acceptors (Lipinski definition) is 5. The molecule has 0 radical (unpaired) electrons. The minimum atomic E-state index is -0.357. The number of benzene rings is 1. The van der Waals surface area contributed by atoms with Gasteiger partial charge in [-0.15, -0.1) is 0 Å². The molecule has 106 valence electrons. The number of hydrogen-bond donors (Lipinski definition) is 1. The molecule has 5 nitrogen and oxygen atoms in total. The lowest BCUT2D eigenvalue weighted by Crippen LogP contribution is -2.26. The number of para-hydroxylation sites is 1. The van der Waals surface area contributed by atoms with Gasteiger partial charge in [-0.05, 0) is 37.3 Å². The van der Waals surface area contributed by atoms with E-state index in [1.54, 1.807) is 7.11 Å². The summed E-state index contributed by atoms with van der Waals surface area (Å²) in [6.45, 7) is 0. The van der Waals surface area contributed by atoms with Crippen LogP contribution in [0.3, 0.4) is 0 Å². The van der Waals surface area contributed by atoms with Crippen molar-refractivity contribution in [2.45, 2.75) is 37.7 Å². The second-order valence-electron chi connectivity index (χ2n) is 5.29. The van der Waals surface area contributed by atoms with Gasteiger partial charge in [-0.1, -0.05) is 23.4 Å². The molecule has 1 aliphatic rings. The van der Waals surface area contributed by atoms with Crippen molar-refractivity contribution in [2.75, 3.05) is 12.8 Å². The van der Waals surface area contributed by atoms with Gasteiger partial charge in [-0.3, -0.25) is 0 Å². The Balaban J connectivity index is 1.82. The first-order valence-corrected chi connectivity index (χ1v) is 6.95. The third-order valence-electron chi connectivity index (χ3n) is 4.07. The number of methoxy groups -OCH3 is 1. The molecule has 1 aliphatic carbocycles. The number of ether oxygens (including phenoxy) is 1. The van der Waals surface area contributed by atoms with Crippen LogP contribution in [-0.4, -0.2) is 17.3 Å². The lowest BCUT2D eigenvalue weighted by molar-refractivity contribution is -0.0178. The largest absolute Gasteiger partial charge is 0.398 e. The zero-order chi connectivity index (χ0) is 14.0. The van der Waals surface area contributed by atoms with Gasteiger partial charge in [-0.2, -0.15) is 4.98 Å². The minimum absolute atomic E-state index is 0.357. The lowest BCUT2D eigenvalue weighted by atomic mass is 10.0. The molecule has 0 atom stereocenters. The van der Waals surface area contributed by atoms with Crippen LogP contribution >= 0.6 is 0 Å². The summed E-state index contributed by atoms with van der Waals surface area (Å²) in [6, 6.07) is 7.72. The maximum atomic E-state index is 5.93. The second-order valence-corrected chi connectivity index (χ2v) is 5.29. The van der Waals surface area contributed by atoms with E-state index in [-0.39, 0.29) is 5.60 Å². The van der Waals surface area contributed by atoms with Crippen molar-refractivity contribution in [1.82, 2.24) is 10.1 Å². The fraction of sp³-hybridized carbons (Fsp3) is 0.467. The fourth-order valence-electron chi connectivity index (χ4n) is 2.83. The van der Waals surface area contributed by atoms with Gasteiger partial charge in [0, 0.05) is 12.8 Å². The third-order valence-corrected chi connectivity index (χ3v) is 4.07. The highest BCUT2D eigenvalue weighted by atomic mass is 16.5. The van der Waals surface area contributed by atoms with E-state index in [0.29, 0.717) is 18.1 Å². The van der Waals surface area contributed by atoms with Gasteiger partial charge in [-0.25, -0.2) is 0 Å². The third kappa shape index (κ3) is 2.29. The molecule has 2 aromatic rings. The summed E-state index contributed by atoms with van der Waals surface area (Å²) in [5.41, 5.74) is 7.32. The van der Waals surface area contributed by atoms with Crippen molar-refractivity contribution in [3.8, 4) is 0 Å². The van der Waals surface area contributed by atoms with Crippen LogP contribution in [0.1, 0.15) is 43.0 Å². The van der Waals surface area contributed by atoms with Crippen LogP contribution in [0.15, 0.2) is 28.8 Å². The van der Waals surface area contributed by atoms with E-state index in [1.807, 2.05) is 24.3 Å². The van der Waals surface area contributed by atoms with Crippen LogP contribution in [0.4, 0.5) is 5.69 Å². The van der Waals surface area contributed by atoms with Crippen LogP contribution in [0.2, 0.25) is 0 Å². The first-order valence-electron chi connectivity index (χ1n) is 6.95. The summed E-state index contributed by atoms with van der Waals surface area (Å²) < 4.78 is 11.0. The van der Waals surface area contributed by atoms with Gasteiger partial charge >= 0.3 is 0 Å². The van der Waals surface area contributed by atoms with E-state index < -0.39 is 0 Å². The first-order chi connectivity index (χ1) is 9.73. The molecule has 0 bridgehead atoms. The van der Waals surface area contributed by atoms with Crippen LogP contribution in [0, 0.1) is 0 Å². The molecule has 3 rings (SSSR count). The van der Waals surface area contributed by atoms with Crippen molar-refractivity contribution in [3.05, 3.63) is 41.5 Å². The van der Waals surface area contributed by atoms with Gasteiger partial charge in [0.25, 0.3) is 0 Å². The Kier molecular flexibility index (Phi) is 3.44. The Labute approximate surface area is 118 Å². The average molecular weight is 273 g/mol.